The molecule has 0 atom stereocenters. The predicted octanol–water partition coefficient (Wildman–Crippen LogP) is 5.51. The van der Waals surface area contributed by atoms with Crippen molar-refractivity contribution in [1.29, 1.82) is 0 Å². The van der Waals surface area contributed by atoms with Crippen LogP contribution in [0.3, 0.4) is 0 Å². The lowest BCUT2D eigenvalue weighted by atomic mass is 9.73. The highest BCUT2D eigenvalue weighted by molar-refractivity contribution is 5.99. The summed E-state index contributed by atoms with van der Waals surface area (Å²) in [6.45, 7) is 7.86. The van der Waals surface area contributed by atoms with Crippen molar-refractivity contribution < 1.29 is 29.6 Å². The van der Waals surface area contributed by atoms with Gasteiger partial charge >= 0.3 is 11.9 Å². The number of carboxylic acid groups (broad SMARTS) is 1. The Balaban J connectivity index is 2.23. The van der Waals surface area contributed by atoms with Gasteiger partial charge < -0.3 is 20.1 Å². The van der Waals surface area contributed by atoms with E-state index in [1.54, 1.807) is 24.3 Å². The van der Waals surface area contributed by atoms with Gasteiger partial charge in [-0.25, -0.2) is 9.59 Å². The molecular formula is C29H30O6. The highest BCUT2D eigenvalue weighted by Crippen LogP contribution is 2.51. The maximum atomic E-state index is 13.3. The molecule has 0 bridgehead atoms. The Morgan fingerprint density at radius 2 is 1.23 bits per heavy atom. The summed E-state index contributed by atoms with van der Waals surface area (Å²) in [4.78, 5) is 25.2. The van der Waals surface area contributed by atoms with Crippen LogP contribution in [0.1, 0.15) is 87.4 Å². The molecule has 0 unspecified atom stereocenters. The molecule has 3 aromatic rings. The number of rotatable bonds is 7. The number of carbonyl (C=O) groups is 2. The fourth-order valence-corrected chi connectivity index (χ4v) is 5.56. The maximum absolute atomic E-state index is 13.3. The topological polar surface area (TPSA) is 104 Å². The second kappa shape index (κ2) is 9.10. The third kappa shape index (κ3) is 3.55. The van der Waals surface area contributed by atoms with E-state index in [4.69, 9.17) is 4.74 Å². The highest BCUT2D eigenvalue weighted by Gasteiger charge is 2.51. The summed E-state index contributed by atoms with van der Waals surface area (Å²) in [7, 11) is 0. The van der Waals surface area contributed by atoms with Gasteiger partial charge in [-0.05, 0) is 78.3 Å². The molecular weight excluding hydrogens is 444 g/mol. The van der Waals surface area contributed by atoms with E-state index in [0.29, 0.717) is 47.9 Å². The lowest BCUT2D eigenvalue weighted by Crippen LogP contribution is -2.33. The first-order chi connectivity index (χ1) is 16.7. The number of aromatic carboxylic acids is 1. The first kappa shape index (κ1) is 24.3. The van der Waals surface area contributed by atoms with Crippen molar-refractivity contribution in [3.05, 3.63) is 92.5 Å². The molecule has 0 radical (unpaired) electrons. The minimum atomic E-state index is -1.43. The molecule has 6 heteroatoms. The van der Waals surface area contributed by atoms with Crippen molar-refractivity contribution >= 4 is 11.9 Å². The second-order valence-corrected chi connectivity index (χ2v) is 8.73. The summed E-state index contributed by atoms with van der Waals surface area (Å²) >= 11 is 0. The van der Waals surface area contributed by atoms with Crippen LogP contribution in [-0.2, 0) is 36.0 Å². The van der Waals surface area contributed by atoms with Crippen molar-refractivity contribution in [3.63, 3.8) is 0 Å². The van der Waals surface area contributed by atoms with Gasteiger partial charge in [-0.1, -0.05) is 39.8 Å². The minimum absolute atomic E-state index is 0.0477. The Bertz CT molecular complexity index is 1280. The summed E-state index contributed by atoms with van der Waals surface area (Å²) in [5.41, 5.74) is 3.97. The van der Waals surface area contributed by atoms with E-state index in [-0.39, 0.29) is 17.1 Å². The SMILES string of the molecule is CCc1c(O)ccc(C2(c3ccc(O)c(CC)c3CC)OC(=O)c3ccc(C(=O)O)cc32)c1CC. The van der Waals surface area contributed by atoms with Gasteiger partial charge in [-0.3, -0.25) is 0 Å². The summed E-state index contributed by atoms with van der Waals surface area (Å²) in [5.74, 6) is -1.31. The van der Waals surface area contributed by atoms with Crippen LogP contribution in [0.4, 0.5) is 0 Å². The Morgan fingerprint density at radius 1 is 0.743 bits per heavy atom. The molecule has 0 amide bonds. The molecule has 0 aliphatic carbocycles. The van der Waals surface area contributed by atoms with E-state index in [0.717, 1.165) is 22.3 Å². The summed E-state index contributed by atoms with van der Waals surface area (Å²) in [6.07, 6.45) is 2.29. The molecule has 0 fully saturated rings. The van der Waals surface area contributed by atoms with Crippen LogP contribution in [-0.4, -0.2) is 27.3 Å². The number of carboxylic acids is 1. The van der Waals surface area contributed by atoms with Gasteiger partial charge in [-0.2, -0.15) is 0 Å². The van der Waals surface area contributed by atoms with E-state index in [9.17, 15) is 24.9 Å². The van der Waals surface area contributed by atoms with E-state index in [1.807, 2.05) is 27.7 Å². The molecule has 0 saturated heterocycles. The number of cyclic esters (lactones) is 1. The molecule has 35 heavy (non-hydrogen) atoms. The fourth-order valence-electron chi connectivity index (χ4n) is 5.56. The second-order valence-electron chi connectivity index (χ2n) is 8.73. The number of phenols is 2. The van der Waals surface area contributed by atoms with E-state index >= 15 is 0 Å². The third-order valence-electron chi connectivity index (χ3n) is 7.10. The van der Waals surface area contributed by atoms with Crippen molar-refractivity contribution in [2.45, 2.75) is 59.0 Å². The van der Waals surface area contributed by atoms with Crippen molar-refractivity contribution in [2.24, 2.45) is 0 Å². The molecule has 0 saturated carbocycles. The Kier molecular flexibility index (Phi) is 6.32. The van der Waals surface area contributed by atoms with Crippen LogP contribution in [0, 0.1) is 0 Å². The van der Waals surface area contributed by atoms with Gasteiger partial charge in [-0.15, -0.1) is 0 Å². The van der Waals surface area contributed by atoms with Gasteiger partial charge in [0, 0.05) is 16.7 Å². The maximum Gasteiger partial charge on any atom is 0.340 e. The van der Waals surface area contributed by atoms with E-state index in [1.165, 1.54) is 18.2 Å². The quantitative estimate of drug-likeness (QED) is 0.390. The smallest absolute Gasteiger partial charge is 0.340 e. The molecule has 0 aromatic heterocycles. The number of hydrogen-bond donors (Lipinski definition) is 3. The molecule has 1 heterocycles. The lowest BCUT2D eigenvalue weighted by molar-refractivity contribution is 0.0246. The van der Waals surface area contributed by atoms with Crippen molar-refractivity contribution in [2.75, 3.05) is 0 Å². The number of benzene rings is 3. The first-order valence-corrected chi connectivity index (χ1v) is 12.0. The number of phenolic OH excluding ortho intramolecular Hbond substituents is 2. The predicted molar refractivity (Wildman–Crippen MR) is 132 cm³/mol. The van der Waals surface area contributed by atoms with Crippen LogP contribution < -0.4 is 0 Å². The normalized spacial score (nSPS) is 14.0. The monoisotopic (exact) mass is 474 g/mol. The molecule has 182 valence electrons. The number of fused-ring (bicyclic) bond motifs is 1. The summed E-state index contributed by atoms with van der Waals surface area (Å²) < 4.78 is 6.29. The third-order valence-corrected chi connectivity index (χ3v) is 7.10. The van der Waals surface area contributed by atoms with Crippen LogP contribution in [0.2, 0.25) is 0 Å². The summed E-state index contributed by atoms with van der Waals surface area (Å²) in [6, 6.07) is 11.2. The Morgan fingerprint density at radius 3 is 1.66 bits per heavy atom. The van der Waals surface area contributed by atoms with Crippen molar-refractivity contribution in [3.8, 4) is 11.5 Å². The minimum Gasteiger partial charge on any atom is -0.508 e. The molecule has 3 aromatic carbocycles. The van der Waals surface area contributed by atoms with Crippen LogP contribution >= 0.6 is 0 Å². The van der Waals surface area contributed by atoms with Crippen LogP contribution in [0.15, 0.2) is 42.5 Å². The zero-order valence-electron chi connectivity index (χ0n) is 20.4. The number of ether oxygens (including phenoxy) is 1. The molecule has 0 spiro atoms. The van der Waals surface area contributed by atoms with E-state index < -0.39 is 17.5 Å². The van der Waals surface area contributed by atoms with Gasteiger partial charge in [0.15, 0.2) is 5.60 Å². The van der Waals surface area contributed by atoms with Gasteiger partial charge in [0.2, 0.25) is 0 Å². The largest absolute Gasteiger partial charge is 0.508 e. The number of carbonyl (C=O) groups excluding carboxylic acids is 1. The molecule has 3 N–H and O–H groups in total. The summed E-state index contributed by atoms with van der Waals surface area (Å²) in [5, 5.41) is 31.0. The van der Waals surface area contributed by atoms with Crippen LogP contribution in [0.5, 0.6) is 11.5 Å². The molecule has 4 rings (SSSR count). The highest BCUT2D eigenvalue weighted by atomic mass is 16.6. The number of hydrogen-bond acceptors (Lipinski definition) is 5. The number of aromatic hydroxyl groups is 2. The Hall–Kier alpha value is -3.80. The zero-order chi connectivity index (χ0) is 25.5. The molecule has 1 aliphatic rings. The zero-order valence-corrected chi connectivity index (χ0v) is 20.4. The van der Waals surface area contributed by atoms with Gasteiger partial charge in [0.1, 0.15) is 11.5 Å². The fraction of sp³-hybridized carbons (Fsp3) is 0.310. The van der Waals surface area contributed by atoms with Gasteiger partial charge in [0.05, 0.1) is 11.1 Å². The van der Waals surface area contributed by atoms with Gasteiger partial charge in [0.25, 0.3) is 0 Å². The average molecular weight is 475 g/mol. The van der Waals surface area contributed by atoms with E-state index in [2.05, 4.69) is 0 Å². The standard InChI is InChI=1S/C29H30O6/c1-5-17-19(7-3)25(30)13-11-22(17)29(23-12-14-26(31)20(8-4)18(23)6-2)24-15-16(27(32)33)9-10-21(24)28(34)35-29/h9-15,30-31H,5-8H2,1-4H3,(H,32,33). The lowest BCUT2D eigenvalue weighted by Gasteiger charge is -2.35. The Labute approximate surface area is 204 Å². The molecule has 6 nitrogen and oxygen atoms in total. The number of esters is 1. The first-order valence-electron chi connectivity index (χ1n) is 12.0. The average Bonchev–Trinajstić information content (AvgIpc) is 3.15. The van der Waals surface area contributed by atoms with Crippen molar-refractivity contribution in [1.82, 2.24) is 0 Å². The molecule has 1 aliphatic heterocycles. The van der Waals surface area contributed by atoms with Crippen LogP contribution in [0.25, 0.3) is 0 Å².